The molecule has 1 unspecified atom stereocenters. The SMILES string of the molecule is Cc1cc(I)cnc1Nc1c(C(=O)NOCC2COC(C)(C)O2)cc(F)c(F)c1F. The fourth-order valence-corrected chi connectivity index (χ4v) is 3.39. The smallest absolute Gasteiger partial charge is 0.277 e. The van der Waals surface area contributed by atoms with Crippen molar-refractivity contribution in [2.24, 2.45) is 0 Å². The zero-order valence-electron chi connectivity index (χ0n) is 16.3. The molecule has 1 saturated heterocycles. The van der Waals surface area contributed by atoms with Gasteiger partial charge in [-0.05, 0) is 61.1 Å². The normalized spacial score (nSPS) is 17.8. The van der Waals surface area contributed by atoms with E-state index in [1.54, 1.807) is 26.8 Å². The molecule has 0 radical (unpaired) electrons. The van der Waals surface area contributed by atoms with Crippen molar-refractivity contribution >= 4 is 40.0 Å². The Morgan fingerprint density at radius 1 is 1.33 bits per heavy atom. The van der Waals surface area contributed by atoms with E-state index in [4.69, 9.17) is 14.3 Å². The molecule has 2 heterocycles. The van der Waals surface area contributed by atoms with Crippen LogP contribution in [0.5, 0.6) is 0 Å². The highest BCUT2D eigenvalue weighted by Crippen LogP contribution is 2.29. The second-order valence-corrected chi connectivity index (χ2v) is 8.29. The van der Waals surface area contributed by atoms with E-state index in [0.717, 1.165) is 3.57 Å². The van der Waals surface area contributed by atoms with Gasteiger partial charge in [-0.2, -0.15) is 0 Å². The minimum atomic E-state index is -1.71. The molecule has 30 heavy (non-hydrogen) atoms. The van der Waals surface area contributed by atoms with Gasteiger partial charge in [0.05, 0.1) is 17.9 Å². The van der Waals surface area contributed by atoms with Crippen molar-refractivity contribution in [3.05, 3.63) is 50.5 Å². The van der Waals surface area contributed by atoms with Crippen LogP contribution in [0.1, 0.15) is 29.8 Å². The fourth-order valence-electron chi connectivity index (χ4n) is 2.79. The number of nitrogens with zero attached hydrogens (tertiary/aromatic N) is 1. The summed E-state index contributed by atoms with van der Waals surface area (Å²) in [6.45, 7) is 5.36. The Kier molecular flexibility index (Phi) is 6.84. The first-order valence-corrected chi connectivity index (χ1v) is 9.96. The van der Waals surface area contributed by atoms with E-state index < -0.39 is 46.5 Å². The second kappa shape index (κ2) is 9.04. The largest absolute Gasteiger partial charge is 0.348 e. The number of pyridine rings is 1. The average Bonchev–Trinajstić information content (AvgIpc) is 3.02. The van der Waals surface area contributed by atoms with E-state index in [1.165, 1.54) is 6.20 Å². The number of carbonyl (C=O) groups excluding carboxylic acids is 1. The monoisotopic (exact) mass is 537 g/mol. The summed E-state index contributed by atoms with van der Waals surface area (Å²) in [6, 6.07) is 2.33. The first kappa shape index (κ1) is 22.7. The molecule has 1 atom stereocenters. The number of halogens is 4. The Morgan fingerprint density at radius 3 is 2.70 bits per heavy atom. The molecule has 1 aromatic carbocycles. The molecule has 1 aromatic heterocycles. The Morgan fingerprint density at radius 2 is 2.07 bits per heavy atom. The first-order valence-electron chi connectivity index (χ1n) is 8.88. The number of hydroxylamine groups is 1. The number of benzene rings is 1. The molecule has 0 bridgehead atoms. The van der Waals surface area contributed by atoms with Gasteiger partial charge in [0.25, 0.3) is 5.91 Å². The quantitative estimate of drug-likeness (QED) is 0.330. The number of hydrogen-bond donors (Lipinski definition) is 2. The molecule has 7 nitrogen and oxygen atoms in total. The van der Waals surface area contributed by atoms with E-state index in [0.29, 0.717) is 11.6 Å². The van der Waals surface area contributed by atoms with Crippen LogP contribution in [0.2, 0.25) is 0 Å². The van der Waals surface area contributed by atoms with Gasteiger partial charge in [-0.15, -0.1) is 0 Å². The van der Waals surface area contributed by atoms with E-state index in [-0.39, 0.29) is 19.0 Å². The molecule has 1 amide bonds. The topological polar surface area (TPSA) is 81.7 Å². The summed E-state index contributed by atoms with van der Waals surface area (Å²) >= 11 is 2.05. The van der Waals surface area contributed by atoms with E-state index in [9.17, 15) is 18.0 Å². The van der Waals surface area contributed by atoms with Gasteiger partial charge < -0.3 is 14.8 Å². The molecule has 0 aliphatic carbocycles. The van der Waals surface area contributed by atoms with Crippen molar-refractivity contribution in [2.45, 2.75) is 32.7 Å². The predicted molar refractivity (Wildman–Crippen MR) is 110 cm³/mol. The average molecular weight is 537 g/mol. The zero-order chi connectivity index (χ0) is 22.1. The maximum absolute atomic E-state index is 14.5. The number of rotatable bonds is 6. The van der Waals surface area contributed by atoms with Gasteiger partial charge in [-0.1, -0.05) is 0 Å². The lowest BCUT2D eigenvalue weighted by Crippen LogP contribution is -2.31. The molecular formula is C19H19F3IN3O4. The molecule has 1 aliphatic rings. The van der Waals surface area contributed by atoms with E-state index in [1.807, 2.05) is 22.6 Å². The standard InChI is InChI=1S/C19H19F3IN3O4/c1-9-4-10(23)6-24-17(9)25-16-12(5-13(20)14(21)15(16)22)18(27)26-29-8-11-7-28-19(2,3)30-11/h4-6,11H,7-8H2,1-3H3,(H,24,25)(H,26,27). The van der Waals surface area contributed by atoms with Crippen molar-refractivity contribution in [3.63, 3.8) is 0 Å². The van der Waals surface area contributed by atoms with Crippen molar-refractivity contribution in [3.8, 4) is 0 Å². The minimum absolute atomic E-state index is 0.0537. The summed E-state index contributed by atoms with van der Waals surface area (Å²) in [6.07, 6.45) is 1.07. The van der Waals surface area contributed by atoms with Crippen LogP contribution in [-0.4, -0.2) is 36.0 Å². The summed E-state index contributed by atoms with van der Waals surface area (Å²) in [5.74, 6) is -6.32. The van der Waals surface area contributed by atoms with Crippen LogP contribution in [-0.2, 0) is 14.3 Å². The molecule has 3 rings (SSSR count). The molecule has 1 aliphatic heterocycles. The molecule has 2 N–H and O–H groups in total. The fraction of sp³-hybridized carbons (Fsp3) is 0.368. The number of aromatic nitrogens is 1. The predicted octanol–water partition coefficient (Wildman–Crippen LogP) is 3.97. The maximum Gasteiger partial charge on any atom is 0.277 e. The van der Waals surface area contributed by atoms with E-state index in [2.05, 4.69) is 15.8 Å². The van der Waals surface area contributed by atoms with Crippen molar-refractivity contribution < 1.29 is 32.3 Å². The van der Waals surface area contributed by atoms with Gasteiger partial charge in [0.1, 0.15) is 18.5 Å². The molecule has 1 fully saturated rings. The second-order valence-electron chi connectivity index (χ2n) is 7.05. The van der Waals surface area contributed by atoms with Gasteiger partial charge in [0, 0.05) is 9.77 Å². The van der Waals surface area contributed by atoms with Crippen LogP contribution in [0.25, 0.3) is 0 Å². The Bertz CT molecular complexity index is 975. The van der Waals surface area contributed by atoms with Crippen LogP contribution in [0.15, 0.2) is 18.3 Å². The number of amides is 1. The summed E-state index contributed by atoms with van der Waals surface area (Å²) in [5, 5.41) is 2.57. The number of hydrogen-bond acceptors (Lipinski definition) is 6. The molecule has 2 aromatic rings. The molecule has 0 spiro atoms. The Hall–Kier alpha value is -1.96. The van der Waals surface area contributed by atoms with Gasteiger partial charge in [0.2, 0.25) is 0 Å². The minimum Gasteiger partial charge on any atom is -0.348 e. The highest BCUT2D eigenvalue weighted by atomic mass is 127. The number of nitrogens with one attached hydrogen (secondary N) is 2. The third kappa shape index (κ3) is 5.20. The van der Waals surface area contributed by atoms with Crippen LogP contribution in [0, 0.1) is 27.9 Å². The van der Waals surface area contributed by atoms with Crippen molar-refractivity contribution in [2.75, 3.05) is 18.5 Å². The Labute approximate surface area is 184 Å². The number of aryl methyl sites for hydroxylation is 1. The van der Waals surface area contributed by atoms with Crippen LogP contribution >= 0.6 is 22.6 Å². The van der Waals surface area contributed by atoms with E-state index >= 15 is 0 Å². The summed E-state index contributed by atoms with van der Waals surface area (Å²) < 4.78 is 53.8. The summed E-state index contributed by atoms with van der Waals surface area (Å²) in [5.41, 5.74) is 1.65. The Balaban J connectivity index is 1.78. The highest BCUT2D eigenvalue weighted by Gasteiger charge is 2.33. The van der Waals surface area contributed by atoms with Crippen molar-refractivity contribution in [1.29, 1.82) is 0 Å². The maximum atomic E-state index is 14.5. The van der Waals surface area contributed by atoms with Gasteiger partial charge in [-0.3, -0.25) is 9.63 Å². The molecule has 162 valence electrons. The van der Waals surface area contributed by atoms with Crippen LogP contribution < -0.4 is 10.8 Å². The highest BCUT2D eigenvalue weighted by molar-refractivity contribution is 14.1. The van der Waals surface area contributed by atoms with Gasteiger partial charge in [-0.25, -0.2) is 23.6 Å². The summed E-state index contributed by atoms with van der Waals surface area (Å²) in [7, 11) is 0. The van der Waals surface area contributed by atoms with Gasteiger partial charge >= 0.3 is 0 Å². The third-order valence-electron chi connectivity index (χ3n) is 4.20. The lowest BCUT2D eigenvalue weighted by Gasteiger charge is -2.17. The molecular weight excluding hydrogens is 518 g/mol. The lowest BCUT2D eigenvalue weighted by molar-refractivity contribution is -0.147. The first-order chi connectivity index (χ1) is 14.1. The number of carbonyl (C=O) groups is 1. The van der Waals surface area contributed by atoms with Crippen LogP contribution in [0.4, 0.5) is 24.7 Å². The summed E-state index contributed by atoms with van der Waals surface area (Å²) in [4.78, 5) is 21.7. The molecule has 11 heteroatoms. The van der Waals surface area contributed by atoms with Gasteiger partial charge in [0.15, 0.2) is 23.2 Å². The molecule has 0 saturated carbocycles. The van der Waals surface area contributed by atoms with Crippen LogP contribution in [0.3, 0.4) is 0 Å². The van der Waals surface area contributed by atoms with Crippen molar-refractivity contribution in [1.82, 2.24) is 10.5 Å². The number of ether oxygens (including phenoxy) is 2. The lowest BCUT2D eigenvalue weighted by atomic mass is 10.1. The third-order valence-corrected chi connectivity index (χ3v) is 4.79. The zero-order valence-corrected chi connectivity index (χ0v) is 18.5. The number of anilines is 2.